The molecule has 2 aromatic carbocycles. The Bertz CT molecular complexity index is 2160. The minimum atomic E-state index is -1.52. The normalized spacial score (nSPS) is 16.5. The average molecular weight is 839 g/mol. The summed E-state index contributed by atoms with van der Waals surface area (Å²) in [6.45, 7) is 1.36. The molecule has 5 N–H and O–H groups in total. The highest BCUT2D eigenvalue weighted by atomic mass is 35.5. The fourth-order valence-electron chi connectivity index (χ4n) is 7.19. The molecule has 57 heavy (non-hydrogen) atoms. The first-order valence-electron chi connectivity index (χ1n) is 18.6. The molecular formula is C41H47ClN4O9S2. The van der Waals surface area contributed by atoms with E-state index in [0.717, 1.165) is 25.7 Å². The number of aliphatic hydroxyl groups is 1. The van der Waals surface area contributed by atoms with Crippen molar-refractivity contribution in [2.45, 2.75) is 56.1 Å². The molecule has 1 atom stereocenters. The van der Waals surface area contributed by atoms with E-state index in [1.54, 1.807) is 36.2 Å². The lowest BCUT2D eigenvalue weighted by molar-refractivity contribution is -0.170. The number of carbonyl (C=O) groups is 2. The van der Waals surface area contributed by atoms with Crippen molar-refractivity contribution in [3.63, 3.8) is 0 Å². The van der Waals surface area contributed by atoms with Crippen LogP contribution >= 0.6 is 34.3 Å². The highest BCUT2D eigenvalue weighted by Gasteiger charge is 2.48. The standard InChI is InChI=1S/C41H47ClN4O9S2/c1-45(26-8-10-27(11-9-26)55-41(40(51)52,35-6-4-18-56-35)36-7-5-19-57-36)16-17-46(2)38(50)24-54-34-21-33(53-3)25(20-30(34)42)22-43-23-32(48)28-12-14-31(47)39-29(28)13-15-37(49)44-39/h4-7,12-15,18-21,26-27,32,43,47-48H,8-11,16-17,22-24H2,1-3H3,(H,44,49)(H,51,52)/t26-,27-,32-/m0/s1. The summed E-state index contributed by atoms with van der Waals surface area (Å²) in [7, 11) is 5.29. The molecule has 0 aliphatic heterocycles. The van der Waals surface area contributed by atoms with Crippen LogP contribution in [-0.2, 0) is 26.5 Å². The summed E-state index contributed by atoms with van der Waals surface area (Å²) in [5.74, 6) is -0.526. The Kier molecular flexibility index (Phi) is 13.9. The first-order chi connectivity index (χ1) is 27.4. The van der Waals surface area contributed by atoms with Crippen molar-refractivity contribution in [2.24, 2.45) is 0 Å². The number of aromatic amines is 1. The number of aliphatic carboxylic acids is 1. The molecule has 3 heterocycles. The number of amides is 1. The predicted molar refractivity (Wildman–Crippen MR) is 221 cm³/mol. The number of likely N-dealkylation sites (N-methyl/N-ethyl adjacent to an activating group) is 2. The van der Waals surface area contributed by atoms with Gasteiger partial charge in [0.2, 0.25) is 11.2 Å². The van der Waals surface area contributed by atoms with Crippen molar-refractivity contribution in [3.05, 3.63) is 108 Å². The minimum absolute atomic E-state index is 0.0844. The number of aromatic hydroxyl groups is 1. The number of carboxylic acid groups (broad SMARTS) is 1. The quantitative estimate of drug-likeness (QED) is 0.0704. The molecule has 1 amide bonds. The number of nitrogens with one attached hydrogen (secondary N) is 2. The number of hydrogen-bond acceptors (Lipinski definition) is 12. The van der Waals surface area contributed by atoms with E-state index in [1.165, 1.54) is 41.9 Å². The second-order valence-corrected chi connectivity index (χ2v) is 16.4. The van der Waals surface area contributed by atoms with Crippen LogP contribution in [0.4, 0.5) is 0 Å². The Morgan fingerprint density at radius 2 is 1.70 bits per heavy atom. The van der Waals surface area contributed by atoms with Crippen LogP contribution in [0.2, 0.25) is 5.02 Å². The van der Waals surface area contributed by atoms with Crippen LogP contribution in [0.25, 0.3) is 10.9 Å². The van der Waals surface area contributed by atoms with E-state index in [9.17, 15) is 29.7 Å². The van der Waals surface area contributed by atoms with Gasteiger partial charge in [-0.2, -0.15) is 0 Å². The maximum absolute atomic E-state index is 13.1. The number of rotatable bonds is 18. The van der Waals surface area contributed by atoms with Crippen molar-refractivity contribution in [2.75, 3.05) is 47.4 Å². The zero-order valence-electron chi connectivity index (χ0n) is 31.9. The summed E-state index contributed by atoms with van der Waals surface area (Å²) in [5.41, 5.74) is -0.369. The minimum Gasteiger partial charge on any atom is -0.506 e. The number of hydrogen-bond donors (Lipinski definition) is 5. The highest BCUT2D eigenvalue weighted by Crippen LogP contribution is 2.42. The van der Waals surface area contributed by atoms with Crippen LogP contribution in [0.1, 0.15) is 52.7 Å². The second-order valence-electron chi connectivity index (χ2n) is 14.1. The number of nitrogens with zero attached hydrogens (tertiary/aromatic N) is 2. The molecule has 5 aromatic rings. The van der Waals surface area contributed by atoms with E-state index in [4.69, 9.17) is 25.8 Å². The number of carboxylic acids is 1. The Morgan fingerprint density at radius 3 is 2.33 bits per heavy atom. The van der Waals surface area contributed by atoms with Gasteiger partial charge in [0.1, 0.15) is 17.2 Å². The van der Waals surface area contributed by atoms with Crippen molar-refractivity contribution in [1.82, 2.24) is 20.1 Å². The summed E-state index contributed by atoms with van der Waals surface area (Å²) in [6.07, 6.45) is 2.00. The topological polar surface area (TPSA) is 174 Å². The monoisotopic (exact) mass is 838 g/mol. The molecule has 1 aliphatic rings. The number of thiophene rings is 2. The predicted octanol–water partition coefficient (Wildman–Crippen LogP) is 5.97. The van der Waals surface area contributed by atoms with E-state index in [2.05, 4.69) is 15.2 Å². The number of fused-ring (bicyclic) bond motifs is 1. The summed E-state index contributed by atoms with van der Waals surface area (Å²) in [6, 6.07) is 16.9. The number of methoxy groups -OCH3 is 1. The number of benzene rings is 2. The van der Waals surface area contributed by atoms with Crippen LogP contribution in [0.3, 0.4) is 0 Å². The van der Waals surface area contributed by atoms with Crippen molar-refractivity contribution in [1.29, 1.82) is 0 Å². The number of ether oxygens (including phenoxy) is 3. The molecule has 6 rings (SSSR count). The highest BCUT2D eigenvalue weighted by molar-refractivity contribution is 7.12. The number of aromatic nitrogens is 1. The Morgan fingerprint density at radius 1 is 1.00 bits per heavy atom. The average Bonchev–Trinajstić information content (AvgIpc) is 3.95. The van der Waals surface area contributed by atoms with Crippen LogP contribution < -0.4 is 20.3 Å². The number of halogens is 1. The SMILES string of the molecule is COc1cc(OCC(=O)N(C)CCN(C)[C@H]2CC[C@H](OC(C(=O)O)(c3cccs3)c3cccs3)CC2)c(Cl)cc1CNC[C@H](O)c1ccc(O)c2[nH]c(=O)ccc12. The van der Waals surface area contributed by atoms with Gasteiger partial charge in [-0.15, -0.1) is 22.7 Å². The van der Waals surface area contributed by atoms with Crippen LogP contribution in [-0.4, -0.2) is 102 Å². The van der Waals surface area contributed by atoms with Gasteiger partial charge in [0.15, 0.2) is 6.61 Å². The lowest BCUT2D eigenvalue weighted by Crippen LogP contribution is -2.45. The molecule has 13 nitrogen and oxygen atoms in total. The number of phenolic OH excluding ortho intramolecular Hbond substituents is 1. The third-order valence-corrected chi connectivity index (χ3v) is 12.7. The largest absolute Gasteiger partial charge is 0.506 e. The zero-order valence-corrected chi connectivity index (χ0v) is 34.3. The van der Waals surface area contributed by atoms with Gasteiger partial charge in [-0.25, -0.2) is 4.79 Å². The summed E-state index contributed by atoms with van der Waals surface area (Å²) in [4.78, 5) is 45.4. The summed E-state index contributed by atoms with van der Waals surface area (Å²) in [5, 5.41) is 39.3. The van der Waals surface area contributed by atoms with Gasteiger partial charge in [-0.05, 0) is 79.4 Å². The third kappa shape index (κ3) is 9.63. The molecule has 1 saturated carbocycles. The molecular weight excluding hydrogens is 792 g/mol. The smallest absolute Gasteiger partial charge is 0.347 e. The van der Waals surface area contributed by atoms with Gasteiger partial charge in [0.05, 0.1) is 39.6 Å². The van der Waals surface area contributed by atoms with Gasteiger partial charge in [-0.1, -0.05) is 29.8 Å². The van der Waals surface area contributed by atoms with Crippen LogP contribution in [0, 0.1) is 0 Å². The van der Waals surface area contributed by atoms with Crippen LogP contribution in [0.5, 0.6) is 17.2 Å². The number of H-pyrrole nitrogens is 1. The Labute approximate surface area is 343 Å². The fourth-order valence-corrected chi connectivity index (χ4v) is 9.24. The van der Waals surface area contributed by atoms with E-state index in [0.29, 0.717) is 62.4 Å². The summed E-state index contributed by atoms with van der Waals surface area (Å²) >= 11 is 9.35. The molecule has 0 unspecified atom stereocenters. The molecule has 0 saturated heterocycles. The van der Waals surface area contributed by atoms with Gasteiger partial charge in [-0.3, -0.25) is 9.59 Å². The van der Waals surface area contributed by atoms with Gasteiger partial charge in [0, 0.05) is 62.4 Å². The van der Waals surface area contributed by atoms with E-state index in [1.807, 2.05) is 42.1 Å². The third-order valence-electron chi connectivity index (χ3n) is 10.5. The van der Waals surface area contributed by atoms with Crippen molar-refractivity contribution < 1.29 is 39.1 Å². The van der Waals surface area contributed by atoms with Gasteiger partial charge < -0.3 is 49.6 Å². The maximum atomic E-state index is 13.1. The number of aliphatic hydroxyl groups excluding tert-OH is 1. The Balaban J connectivity index is 0.957. The number of phenols is 1. The first kappa shape index (κ1) is 42.1. The fraction of sp³-hybridized carbons (Fsp3) is 0.390. The van der Waals surface area contributed by atoms with E-state index < -0.39 is 17.7 Å². The molecule has 0 bridgehead atoms. The molecule has 1 aliphatic carbocycles. The van der Waals surface area contributed by atoms with Crippen molar-refractivity contribution in [3.8, 4) is 17.2 Å². The lowest BCUT2D eigenvalue weighted by atomic mass is 9.90. The Hall–Kier alpha value is -4.48. The second kappa shape index (κ2) is 18.9. The first-order valence-corrected chi connectivity index (χ1v) is 20.7. The van der Waals surface area contributed by atoms with Gasteiger partial charge in [0.25, 0.3) is 5.91 Å². The molecule has 0 radical (unpaired) electrons. The van der Waals surface area contributed by atoms with Crippen LogP contribution in [0.15, 0.2) is 76.2 Å². The molecule has 3 aromatic heterocycles. The maximum Gasteiger partial charge on any atom is 0.347 e. The number of carbonyl (C=O) groups excluding carboxylic acids is 1. The number of pyridine rings is 1. The molecule has 16 heteroatoms. The van der Waals surface area contributed by atoms with Crippen molar-refractivity contribution >= 4 is 57.1 Å². The molecule has 1 fully saturated rings. The molecule has 304 valence electrons. The van der Waals surface area contributed by atoms with E-state index >= 15 is 0 Å². The van der Waals surface area contributed by atoms with Gasteiger partial charge >= 0.3 is 5.97 Å². The zero-order chi connectivity index (χ0) is 40.7. The summed E-state index contributed by atoms with van der Waals surface area (Å²) < 4.78 is 18.0. The lowest BCUT2D eigenvalue weighted by Gasteiger charge is -2.38. The molecule has 0 spiro atoms. The van der Waals surface area contributed by atoms with E-state index in [-0.39, 0.29) is 48.0 Å².